The van der Waals surface area contributed by atoms with Crippen LogP contribution in [-0.4, -0.2) is 24.9 Å². The van der Waals surface area contributed by atoms with E-state index in [1.54, 1.807) is 12.3 Å². The van der Waals surface area contributed by atoms with E-state index in [2.05, 4.69) is 4.74 Å². The summed E-state index contributed by atoms with van der Waals surface area (Å²) in [4.78, 5) is 12.5. The minimum Gasteiger partial charge on any atom is -0.453 e. The van der Waals surface area contributed by atoms with Gasteiger partial charge in [-0.1, -0.05) is 18.9 Å². The summed E-state index contributed by atoms with van der Waals surface area (Å²) in [5, 5.41) is 0. The van der Waals surface area contributed by atoms with Gasteiger partial charge in [-0.15, -0.1) is 0 Å². The van der Waals surface area contributed by atoms with Gasteiger partial charge in [-0.3, -0.25) is 0 Å². The number of allylic oxidation sites excluding steroid dienone is 2. The number of ether oxygens (including phenoxy) is 1. The van der Waals surface area contributed by atoms with Crippen LogP contribution < -0.4 is 0 Å². The molecule has 0 spiro atoms. The summed E-state index contributed by atoms with van der Waals surface area (Å²) in [6, 6.07) is 0. The lowest BCUT2D eigenvalue weighted by molar-refractivity contribution is 0.157. The van der Waals surface area contributed by atoms with E-state index < -0.39 is 0 Å². The van der Waals surface area contributed by atoms with Crippen LogP contribution in [0.3, 0.4) is 0 Å². The van der Waals surface area contributed by atoms with Gasteiger partial charge >= 0.3 is 6.09 Å². The van der Waals surface area contributed by atoms with Gasteiger partial charge in [0.15, 0.2) is 0 Å². The Hall–Kier alpha value is -1.19. The van der Waals surface area contributed by atoms with Crippen molar-refractivity contribution in [2.24, 2.45) is 0 Å². The highest BCUT2D eigenvalue weighted by atomic mass is 16.5. The number of rotatable bonds is 0. The van der Waals surface area contributed by atoms with Gasteiger partial charge in [0.2, 0.25) is 0 Å². The Morgan fingerprint density at radius 3 is 2.82 bits per heavy atom. The lowest BCUT2D eigenvalue weighted by Gasteiger charge is -2.21. The highest BCUT2D eigenvalue weighted by Gasteiger charge is 2.20. The lowest BCUT2D eigenvalue weighted by atomic mass is 9.62. The first kappa shape index (κ1) is 7.92. The van der Waals surface area contributed by atoms with Crippen molar-refractivity contribution in [3.05, 3.63) is 24.3 Å². The summed E-state index contributed by atoms with van der Waals surface area (Å²) in [6.07, 6.45) is 5.09. The van der Waals surface area contributed by atoms with Crippen molar-refractivity contribution < 1.29 is 9.53 Å². The molecule has 11 heavy (non-hydrogen) atoms. The van der Waals surface area contributed by atoms with Crippen LogP contribution in [0.4, 0.5) is 4.79 Å². The Balaban J connectivity index is 2.65. The number of amides is 1. The molecule has 0 aromatic rings. The molecule has 0 saturated carbocycles. The Labute approximate surface area is 66.4 Å². The van der Waals surface area contributed by atoms with Crippen molar-refractivity contribution in [3.8, 4) is 0 Å². The topological polar surface area (TPSA) is 29.5 Å². The largest absolute Gasteiger partial charge is 0.453 e. The Morgan fingerprint density at radius 2 is 2.27 bits per heavy atom. The molecule has 4 heteroatoms. The maximum atomic E-state index is 11.0. The number of carbonyl (C=O) groups excluding carboxylic acids is 1. The molecule has 0 bridgehead atoms. The Bertz CT molecular complexity index is 212. The van der Waals surface area contributed by atoms with Crippen LogP contribution in [0.5, 0.6) is 0 Å². The maximum absolute atomic E-state index is 11.0. The predicted octanol–water partition coefficient (Wildman–Crippen LogP) is 1.30. The van der Waals surface area contributed by atoms with Crippen molar-refractivity contribution in [1.29, 1.82) is 0 Å². The fraction of sp³-hybridized carbons (Fsp3) is 0.286. The molecule has 1 amide bonds. The molecule has 0 saturated heterocycles. The van der Waals surface area contributed by atoms with Crippen molar-refractivity contribution in [2.75, 3.05) is 7.11 Å². The second kappa shape index (κ2) is 3.28. The number of carbonyl (C=O) groups is 1. The number of nitrogens with zero attached hydrogens (tertiary/aromatic N) is 1. The van der Waals surface area contributed by atoms with Gasteiger partial charge in [0, 0.05) is 0 Å². The SMILES string of the molecule is COC(=O)N1C=CC=CB1C. The second-order valence-corrected chi connectivity index (χ2v) is 2.34. The van der Waals surface area contributed by atoms with Gasteiger partial charge in [-0.05, 0) is 12.3 Å². The van der Waals surface area contributed by atoms with Gasteiger partial charge < -0.3 is 9.55 Å². The first-order valence-corrected chi connectivity index (χ1v) is 3.47. The highest BCUT2D eigenvalue weighted by molar-refractivity contribution is 6.63. The molecule has 1 aliphatic heterocycles. The molecular weight excluding hydrogens is 141 g/mol. The molecule has 1 heterocycles. The zero-order chi connectivity index (χ0) is 8.27. The summed E-state index contributed by atoms with van der Waals surface area (Å²) in [6.45, 7) is 2.02. The number of hydrogen-bond donors (Lipinski definition) is 0. The molecule has 0 aromatic heterocycles. The molecule has 0 N–H and O–H groups in total. The first-order valence-electron chi connectivity index (χ1n) is 3.47. The zero-order valence-corrected chi connectivity index (χ0v) is 6.65. The normalized spacial score (nSPS) is 15.5. The van der Waals surface area contributed by atoms with Gasteiger partial charge in [0.1, 0.15) is 0 Å². The van der Waals surface area contributed by atoms with Crippen molar-refractivity contribution >= 4 is 12.9 Å². The van der Waals surface area contributed by atoms with E-state index in [1.807, 2.05) is 18.9 Å². The molecule has 3 nitrogen and oxygen atoms in total. The lowest BCUT2D eigenvalue weighted by Crippen LogP contribution is -2.37. The minimum atomic E-state index is -0.321. The first-order chi connectivity index (χ1) is 5.25. The molecule has 0 atom stereocenters. The summed E-state index contributed by atoms with van der Waals surface area (Å²) >= 11 is 0. The monoisotopic (exact) mass is 151 g/mol. The molecule has 58 valence electrons. The van der Waals surface area contributed by atoms with Crippen LogP contribution in [-0.2, 0) is 4.74 Å². The maximum Gasteiger partial charge on any atom is 0.401 e. The van der Waals surface area contributed by atoms with Crippen molar-refractivity contribution in [3.63, 3.8) is 0 Å². The molecule has 0 fully saturated rings. The molecule has 0 unspecified atom stereocenters. The van der Waals surface area contributed by atoms with E-state index in [4.69, 9.17) is 0 Å². The summed E-state index contributed by atoms with van der Waals surface area (Å²) < 4.78 is 4.56. The average Bonchev–Trinajstić information content (AvgIpc) is 2.04. The standard InChI is InChI=1S/C7H10BNO2/c1-8-5-3-4-6-9(8)7(10)11-2/h3-6H,1-2H3. The summed E-state index contributed by atoms with van der Waals surface area (Å²) in [7, 11) is 1.38. The van der Waals surface area contributed by atoms with Crippen molar-refractivity contribution in [1.82, 2.24) is 4.81 Å². The molecule has 0 aliphatic carbocycles. The van der Waals surface area contributed by atoms with Gasteiger partial charge in [-0.25, -0.2) is 4.79 Å². The third kappa shape index (κ3) is 1.64. The molecular formula is C7H10BNO2. The molecule has 0 aromatic carbocycles. The van der Waals surface area contributed by atoms with E-state index >= 15 is 0 Å². The van der Waals surface area contributed by atoms with Crippen LogP contribution >= 0.6 is 0 Å². The van der Waals surface area contributed by atoms with Crippen LogP contribution in [0.25, 0.3) is 0 Å². The molecule has 0 radical (unpaired) electrons. The number of hydrogen-bond acceptors (Lipinski definition) is 2. The third-order valence-electron chi connectivity index (χ3n) is 1.57. The van der Waals surface area contributed by atoms with E-state index in [1.165, 1.54) is 11.9 Å². The Morgan fingerprint density at radius 1 is 1.55 bits per heavy atom. The minimum absolute atomic E-state index is 0.0902. The zero-order valence-electron chi connectivity index (χ0n) is 6.65. The third-order valence-corrected chi connectivity index (χ3v) is 1.57. The highest BCUT2D eigenvalue weighted by Crippen LogP contribution is 2.05. The van der Waals surface area contributed by atoms with Gasteiger partial charge in [-0.2, -0.15) is 0 Å². The molecule has 1 rings (SSSR count). The van der Waals surface area contributed by atoms with E-state index in [0.717, 1.165) is 0 Å². The average molecular weight is 151 g/mol. The van der Waals surface area contributed by atoms with E-state index in [9.17, 15) is 4.79 Å². The summed E-state index contributed by atoms with van der Waals surface area (Å²) in [5.74, 6) is 1.93. The van der Waals surface area contributed by atoms with Crippen LogP contribution in [0.1, 0.15) is 0 Å². The number of methoxy groups -OCH3 is 1. The van der Waals surface area contributed by atoms with E-state index in [0.29, 0.717) is 0 Å². The fourth-order valence-corrected chi connectivity index (χ4v) is 0.928. The molecule has 1 aliphatic rings. The quantitative estimate of drug-likeness (QED) is 0.488. The van der Waals surface area contributed by atoms with Crippen LogP contribution in [0.15, 0.2) is 24.3 Å². The summed E-state index contributed by atoms with van der Waals surface area (Å²) in [5.41, 5.74) is 0. The Kier molecular flexibility index (Phi) is 2.36. The smallest absolute Gasteiger partial charge is 0.401 e. The van der Waals surface area contributed by atoms with Gasteiger partial charge in [0.05, 0.1) is 7.11 Å². The van der Waals surface area contributed by atoms with Crippen LogP contribution in [0, 0.1) is 0 Å². The van der Waals surface area contributed by atoms with Gasteiger partial charge in [0.25, 0.3) is 6.85 Å². The second-order valence-electron chi connectivity index (χ2n) is 2.34. The fourth-order valence-electron chi connectivity index (χ4n) is 0.928. The van der Waals surface area contributed by atoms with Crippen molar-refractivity contribution in [2.45, 2.75) is 6.82 Å². The van der Waals surface area contributed by atoms with E-state index in [-0.39, 0.29) is 12.9 Å². The predicted molar refractivity (Wildman–Crippen MR) is 44.1 cm³/mol. The van der Waals surface area contributed by atoms with Crippen LogP contribution in [0.2, 0.25) is 6.82 Å².